The molecule has 1 aliphatic rings. The van der Waals surface area contributed by atoms with Gasteiger partial charge in [-0.15, -0.1) is 23.1 Å². The van der Waals surface area contributed by atoms with Crippen LogP contribution in [0.25, 0.3) is 22.2 Å². The fourth-order valence-electron chi connectivity index (χ4n) is 4.65. The van der Waals surface area contributed by atoms with E-state index in [4.69, 9.17) is 5.10 Å². The quantitative estimate of drug-likeness (QED) is 0.240. The monoisotopic (exact) mass is 507 g/mol. The number of benzene rings is 3. The van der Waals surface area contributed by atoms with E-state index in [-0.39, 0.29) is 11.9 Å². The normalized spacial score (nSPS) is 15.4. The van der Waals surface area contributed by atoms with Crippen LogP contribution in [-0.4, -0.2) is 27.4 Å². The molecule has 1 N–H and O–H groups in total. The van der Waals surface area contributed by atoms with Gasteiger partial charge in [-0.1, -0.05) is 84.4 Å². The number of hydrogen-bond donors (Lipinski definition) is 1. The highest BCUT2D eigenvalue weighted by Gasteiger charge is 2.33. The number of nitrogens with zero attached hydrogens (tertiary/aromatic N) is 2. The number of hydrazone groups is 1. The lowest BCUT2D eigenvalue weighted by Crippen LogP contribution is -2.28. The molecule has 1 atom stereocenters. The maximum atomic E-state index is 13.7. The summed E-state index contributed by atoms with van der Waals surface area (Å²) in [7, 11) is 0. The number of carbonyl (C=O) groups excluding carboxylic acids is 1. The van der Waals surface area contributed by atoms with E-state index < -0.39 is 0 Å². The molecule has 1 aliphatic heterocycles. The Morgan fingerprint density at radius 3 is 2.56 bits per heavy atom. The number of amides is 1. The number of carbonyl (C=O) groups is 1. The topological polar surface area (TPSA) is 48.5 Å². The zero-order valence-electron chi connectivity index (χ0n) is 19.8. The zero-order chi connectivity index (χ0) is 24.5. The molecule has 3 heterocycles. The van der Waals surface area contributed by atoms with Crippen molar-refractivity contribution in [3.8, 4) is 11.3 Å². The van der Waals surface area contributed by atoms with Gasteiger partial charge in [0.1, 0.15) is 0 Å². The van der Waals surface area contributed by atoms with E-state index in [9.17, 15) is 4.79 Å². The van der Waals surface area contributed by atoms with Crippen molar-refractivity contribution in [1.82, 2.24) is 9.99 Å². The van der Waals surface area contributed by atoms with E-state index in [1.807, 2.05) is 36.4 Å². The molecule has 0 bridgehead atoms. The number of aromatic amines is 1. The van der Waals surface area contributed by atoms with Gasteiger partial charge in [-0.2, -0.15) is 5.10 Å². The molecule has 6 rings (SSSR count). The van der Waals surface area contributed by atoms with E-state index in [0.29, 0.717) is 5.75 Å². The van der Waals surface area contributed by atoms with Gasteiger partial charge in [-0.25, -0.2) is 5.01 Å². The number of thioether (sulfide) groups is 1. The van der Waals surface area contributed by atoms with E-state index in [1.54, 1.807) is 28.1 Å². The molecule has 1 amide bonds. The Balaban J connectivity index is 1.31. The summed E-state index contributed by atoms with van der Waals surface area (Å²) < 4.78 is 0. The van der Waals surface area contributed by atoms with Crippen molar-refractivity contribution in [1.29, 1.82) is 0 Å². The first-order chi connectivity index (χ1) is 17.7. The van der Waals surface area contributed by atoms with Gasteiger partial charge in [0.05, 0.1) is 28.1 Å². The van der Waals surface area contributed by atoms with Crippen molar-refractivity contribution in [2.75, 3.05) is 5.75 Å². The lowest BCUT2D eigenvalue weighted by Gasteiger charge is -2.22. The number of aromatic nitrogens is 1. The second-order valence-corrected chi connectivity index (χ2v) is 10.9. The summed E-state index contributed by atoms with van der Waals surface area (Å²) in [5, 5.41) is 9.74. The molecular formula is C30H25N3OS2. The molecule has 3 aromatic carbocycles. The SMILES string of the molecule is Cc1ccc(C2CC(c3cccs3)=NN2C(=O)CSc2c(-c3ccccc3)[nH]c3ccccc23)cc1. The Morgan fingerprint density at radius 2 is 1.78 bits per heavy atom. The average molecular weight is 508 g/mol. The van der Waals surface area contributed by atoms with Gasteiger partial charge in [0.2, 0.25) is 0 Å². The Kier molecular flexibility index (Phi) is 6.21. The minimum Gasteiger partial charge on any atom is -0.354 e. The summed E-state index contributed by atoms with van der Waals surface area (Å²) in [5.74, 6) is 0.326. The highest BCUT2D eigenvalue weighted by Crippen LogP contribution is 2.39. The number of para-hydroxylation sites is 1. The lowest BCUT2D eigenvalue weighted by molar-refractivity contribution is -0.130. The fraction of sp³-hybridized carbons (Fsp3) is 0.133. The Hall–Kier alpha value is -3.61. The molecule has 5 aromatic rings. The molecular weight excluding hydrogens is 482 g/mol. The molecule has 0 saturated carbocycles. The number of nitrogens with one attached hydrogen (secondary N) is 1. The first kappa shape index (κ1) is 22.8. The van der Waals surface area contributed by atoms with Gasteiger partial charge in [-0.05, 0) is 35.6 Å². The van der Waals surface area contributed by atoms with Crippen LogP contribution in [0.5, 0.6) is 0 Å². The summed E-state index contributed by atoms with van der Waals surface area (Å²) in [6.07, 6.45) is 0.725. The standard InChI is InChI=1S/C30H25N3OS2/c1-20-13-15-21(16-14-20)26-18-25(27-12-7-17-35-27)32-33(26)28(34)19-36-30-23-10-5-6-11-24(23)31-29(30)22-8-3-2-4-9-22/h2-17,26,31H,18-19H2,1H3. The molecule has 6 heteroatoms. The number of hydrogen-bond acceptors (Lipinski definition) is 4. The van der Waals surface area contributed by atoms with E-state index in [2.05, 4.69) is 71.9 Å². The molecule has 2 aromatic heterocycles. The highest BCUT2D eigenvalue weighted by atomic mass is 32.2. The van der Waals surface area contributed by atoms with Crippen LogP contribution >= 0.6 is 23.1 Å². The second kappa shape index (κ2) is 9.80. The first-order valence-electron chi connectivity index (χ1n) is 12.0. The molecule has 0 saturated heterocycles. The van der Waals surface area contributed by atoms with Crippen molar-refractivity contribution in [2.45, 2.75) is 24.3 Å². The van der Waals surface area contributed by atoms with Crippen molar-refractivity contribution in [3.63, 3.8) is 0 Å². The lowest BCUT2D eigenvalue weighted by atomic mass is 10.00. The third kappa shape index (κ3) is 4.38. The second-order valence-electron chi connectivity index (χ2n) is 8.92. The van der Waals surface area contributed by atoms with Crippen LogP contribution < -0.4 is 0 Å². The van der Waals surface area contributed by atoms with Crippen molar-refractivity contribution < 1.29 is 4.79 Å². The number of aryl methyl sites for hydroxylation is 1. The average Bonchev–Trinajstić information content (AvgIpc) is 3.67. The number of thiophene rings is 1. The smallest absolute Gasteiger partial charge is 0.253 e. The highest BCUT2D eigenvalue weighted by molar-refractivity contribution is 8.00. The van der Waals surface area contributed by atoms with Crippen molar-refractivity contribution >= 4 is 45.6 Å². The summed E-state index contributed by atoms with van der Waals surface area (Å²) in [5.41, 5.74) is 6.53. The minimum absolute atomic E-state index is 0.0152. The Morgan fingerprint density at radius 1 is 1.00 bits per heavy atom. The van der Waals surface area contributed by atoms with Crippen LogP contribution in [0.2, 0.25) is 0 Å². The summed E-state index contributed by atoms with van der Waals surface area (Å²) in [4.78, 5) is 19.5. The summed E-state index contributed by atoms with van der Waals surface area (Å²) in [6, 6.07) is 31.0. The number of fused-ring (bicyclic) bond motifs is 1. The Labute approximate surface area is 218 Å². The zero-order valence-corrected chi connectivity index (χ0v) is 21.5. The third-order valence-electron chi connectivity index (χ3n) is 6.49. The molecule has 0 radical (unpaired) electrons. The molecule has 1 unspecified atom stereocenters. The maximum absolute atomic E-state index is 13.7. The maximum Gasteiger partial charge on any atom is 0.253 e. The summed E-state index contributed by atoms with van der Waals surface area (Å²) in [6.45, 7) is 2.08. The van der Waals surface area contributed by atoms with E-state index in [1.165, 1.54) is 5.56 Å². The van der Waals surface area contributed by atoms with Crippen LogP contribution in [0.4, 0.5) is 0 Å². The van der Waals surface area contributed by atoms with Gasteiger partial charge in [-0.3, -0.25) is 4.79 Å². The fourth-order valence-corrected chi connectivity index (χ4v) is 6.42. The minimum atomic E-state index is -0.0904. The number of H-pyrrole nitrogens is 1. The Bertz CT molecular complexity index is 1540. The molecule has 0 fully saturated rings. The van der Waals surface area contributed by atoms with Gasteiger partial charge in [0.25, 0.3) is 5.91 Å². The number of rotatable bonds is 6. The largest absolute Gasteiger partial charge is 0.354 e. The van der Waals surface area contributed by atoms with Crippen molar-refractivity contribution in [3.05, 3.63) is 112 Å². The van der Waals surface area contributed by atoms with Gasteiger partial charge >= 0.3 is 0 Å². The van der Waals surface area contributed by atoms with Crippen LogP contribution in [0.3, 0.4) is 0 Å². The van der Waals surface area contributed by atoms with Gasteiger partial charge in [0, 0.05) is 22.2 Å². The molecule has 178 valence electrons. The van der Waals surface area contributed by atoms with Crippen LogP contribution in [0.15, 0.2) is 106 Å². The predicted molar refractivity (Wildman–Crippen MR) is 151 cm³/mol. The van der Waals surface area contributed by atoms with Gasteiger partial charge in [0.15, 0.2) is 0 Å². The molecule has 36 heavy (non-hydrogen) atoms. The van der Waals surface area contributed by atoms with E-state index in [0.717, 1.165) is 49.6 Å². The first-order valence-corrected chi connectivity index (χ1v) is 13.8. The molecule has 0 spiro atoms. The van der Waals surface area contributed by atoms with Gasteiger partial charge < -0.3 is 4.98 Å². The van der Waals surface area contributed by atoms with Crippen LogP contribution in [0.1, 0.15) is 28.5 Å². The van der Waals surface area contributed by atoms with E-state index >= 15 is 0 Å². The van der Waals surface area contributed by atoms with Crippen LogP contribution in [0, 0.1) is 6.92 Å². The molecule has 4 nitrogen and oxygen atoms in total. The molecule has 0 aliphatic carbocycles. The third-order valence-corrected chi connectivity index (χ3v) is 8.52. The van der Waals surface area contributed by atoms with Crippen molar-refractivity contribution in [2.24, 2.45) is 5.10 Å². The van der Waals surface area contributed by atoms with Crippen LogP contribution in [-0.2, 0) is 4.79 Å². The predicted octanol–water partition coefficient (Wildman–Crippen LogP) is 7.67. The summed E-state index contributed by atoms with van der Waals surface area (Å²) >= 11 is 3.25.